The molecule has 1 rings (SSSR count). The molecule has 0 saturated heterocycles. The first-order valence-electron chi connectivity index (χ1n) is 5.35. The van der Waals surface area contributed by atoms with E-state index in [1.54, 1.807) is 0 Å². The number of methoxy groups -OCH3 is 1. The first kappa shape index (κ1) is 16.5. The van der Waals surface area contributed by atoms with Gasteiger partial charge < -0.3 is 24.3 Å². The van der Waals surface area contributed by atoms with Gasteiger partial charge in [0.05, 0.1) is 13.7 Å². The summed E-state index contributed by atoms with van der Waals surface area (Å²) in [6.07, 6.45) is -5.16. The van der Waals surface area contributed by atoms with Crippen LogP contribution in [0.3, 0.4) is 0 Å². The van der Waals surface area contributed by atoms with Crippen LogP contribution in [0.5, 0.6) is 11.5 Å². The molecule has 0 bridgehead atoms. The van der Waals surface area contributed by atoms with Crippen LogP contribution in [-0.2, 0) is 4.74 Å². The summed E-state index contributed by atoms with van der Waals surface area (Å²) in [4.78, 5) is 24.3. The minimum absolute atomic E-state index is 0.0573. The molecule has 0 aliphatic carbocycles. The molecule has 0 aromatic carbocycles. The van der Waals surface area contributed by atoms with E-state index in [-0.39, 0.29) is 6.61 Å². The molecule has 1 heterocycles. The Morgan fingerprint density at radius 3 is 2.48 bits per heavy atom. The summed E-state index contributed by atoms with van der Waals surface area (Å²) in [6.45, 7) is 1.41. The molecule has 0 N–H and O–H groups in total. The van der Waals surface area contributed by atoms with Crippen LogP contribution in [0.1, 0.15) is 17.4 Å². The zero-order chi connectivity index (χ0) is 16.2. The summed E-state index contributed by atoms with van der Waals surface area (Å²) in [5, 5.41) is 10.7. The molecule has 0 atom stereocenters. The molecular weight excluding hydrogens is 301 g/mol. The number of nitro groups is 1. The molecular formula is C10H9F3N2O6. The van der Waals surface area contributed by atoms with Gasteiger partial charge in [-0.1, -0.05) is 0 Å². The maximum atomic E-state index is 12.2. The lowest BCUT2D eigenvalue weighted by Crippen LogP contribution is -2.19. The van der Waals surface area contributed by atoms with E-state index < -0.39 is 40.3 Å². The first-order valence-corrected chi connectivity index (χ1v) is 5.35. The third kappa shape index (κ3) is 4.19. The van der Waals surface area contributed by atoms with Crippen LogP contribution < -0.4 is 9.47 Å². The molecule has 0 aliphatic rings. The zero-order valence-electron chi connectivity index (χ0n) is 10.8. The standard InChI is InChI=1S/C10H9F3N2O6/c1-3-20-9(16)7-5(19-2)4-6(21-10(11,12)13)8(14-7)15(17)18/h4H,3H2,1-2H3. The topological polar surface area (TPSA) is 101 Å². The number of hydrogen-bond donors (Lipinski definition) is 0. The van der Waals surface area contributed by atoms with Gasteiger partial charge in [-0.25, -0.2) is 4.79 Å². The van der Waals surface area contributed by atoms with Crippen LogP contribution in [0.25, 0.3) is 0 Å². The third-order valence-corrected chi connectivity index (χ3v) is 2.02. The van der Waals surface area contributed by atoms with Crippen molar-refractivity contribution in [1.29, 1.82) is 0 Å². The largest absolute Gasteiger partial charge is 0.573 e. The van der Waals surface area contributed by atoms with Crippen molar-refractivity contribution in [1.82, 2.24) is 4.98 Å². The fraction of sp³-hybridized carbons (Fsp3) is 0.400. The van der Waals surface area contributed by atoms with Crippen molar-refractivity contribution in [3.05, 3.63) is 21.9 Å². The van der Waals surface area contributed by atoms with E-state index in [1.165, 1.54) is 6.92 Å². The van der Waals surface area contributed by atoms with Gasteiger partial charge >= 0.3 is 23.8 Å². The number of rotatable bonds is 5. The van der Waals surface area contributed by atoms with E-state index in [0.29, 0.717) is 6.07 Å². The van der Waals surface area contributed by atoms with Gasteiger partial charge in [-0.15, -0.1) is 13.2 Å². The molecule has 21 heavy (non-hydrogen) atoms. The summed E-state index contributed by atoms with van der Waals surface area (Å²) < 4.78 is 49.3. The van der Waals surface area contributed by atoms with Gasteiger partial charge in [0, 0.05) is 6.07 Å². The number of carbonyl (C=O) groups is 1. The molecule has 0 radical (unpaired) electrons. The number of alkyl halides is 3. The molecule has 11 heteroatoms. The quantitative estimate of drug-likeness (QED) is 0.466. The minimum Gasteiger partial charge on any atom is -0.492 e. The number of aromatic nitrogens is 1. The van der Waals surface area contributed by atoms with Crippen LogP contribution in [0.15, 0.2) is 6.07 Å². The molecule has 1 aromatic rings. The second-order valence-corrected chi connectivity index (χ2v) is 3.39. The highest BCUT2D eigenvalue weighted by Gasteiger charge is 2.37. The predicted octanol–water partition coefficient (Wildman–Crippen LogP) is 2.07. The minimum atomic E-state index is -5.16. The van der Waals surface area contributed by atoms with Crippen LogP contribution in [0.2, 0.25) is 0 Å². The van der Waals surface area contributed by atoms with Crippen molar-refractivity contribution in [2.75, 3.05) is 13.7 Å². The van der Waals surface area contributed by atoms with Gasteiger partial charge in [0.15, 0.2) is 5.75 Å². The number of carbonyl (C=O) groups excluding carboxylic acids is 1. The molecule has 0 aliphatic heterocycles. The Morgan fingerprint density at radius 2 is 2.05 bits per heavy atom. The maximum Gasteiger partial charge on any atom is 0.573 e. The van der Waals surface area contributed by atoms with Crippen molar-refractivity contribution >= 4 is 11.8 Å². The van der Waals surface area contributed by atoms with E-state index in [4.69, 9.17) is 0 Å². The van der Waals surface area contributed by atoms with Gasteiger partial charge in [-0.05, 0) is 16.8 Å². The number of ether oxygens (including phenoxy) is 3. The lowest BCUT2D eigenvalue weighted by Gasteiger charge is -2.10. The Kier molecular flexibility index (Phi) is 4.89. The van der Waals surface area contributed by atoms with Crippen LogP contribution in [0, 0.1) is 10.1 Å². The Bertz CT molecular complexity index is 560. The van der Waals surface area contributed by atoms with E-state index in [0.717, 1.165) is 7.11 Å². The fourth-order valence-electron chi connectivity index (χ4n) is 1.30. The van der Waals surface area contributed by atoms with Gasteiger partial charge in [0.1, 0.15) is 0 Å². The molecule has 0 amide bonds. The lowest BCUT2D eigenvalue weighted by atomic mass is 10.3. The van der Waals surface area contributed by atoms with Crippen molar-refractivity contribution in [3.63, 3.8) is 0 Å². The summed E-state index contributed by atoms with van der Waals surface area (Å²) in [5.41, 5.74) is -0.624. The highest BCUT2D eigenvalue weighted by molar-refractivity contribution is 5.91. The summed E-state index contributed by atoms with van der Waals surface area (Å²) >= 11 is 0. The Morgan fingerprint density at radius 1 is 1.43 bits per heavy atom. The maximum absolute atomic E-state index is 12.2. The Labute approximate surface area is 115 Å². The Hall–Kier alpha value is -2.59. The van der Waals surface area contributed by atoms with Crippen molar-refractivity contribution in [2.45, 2.75) is 13.3 Å². The number of pyridine rings is 1. The zero-order valence-corrected chi connectivity index (χ0v) is 10.8. The van der Waals surface area contributed by atoms with Gasteiger partial charge in [-0.2, -0.15) is 0 Å². The molecule has 0 fully saturated rings. The highest BCUT2D eigenvalue weighted by atomic mass is 19.4. The van der Waals surface area contributed by atoms with E-state index in [2.05, 4.69) is 19.2 Å². The van der Waals surface area contributed by atoms with E-state index >= 15 is 0 Å². The number of esters is 1. The SMILES string of the molecule is CCOC(=O)c1nc([N+](=O)[O-])c(OC(F)(F)F)cc1OC. The smallest absolute Gasteiger partial charge is 0.492 e. The summed E-state index contributed by atoms with van der Waals surface area (Å²) in [6, 6.07) is 0.547. The monoisotopic (exact) mass is 310 g/mol. The Balaban J connectivity index is 3.40. The lowest BCUT2D eigenvalue weighted by molar-refractivity contribution is -0.393. The van der Waals surface area contributed by atoms with Gasteiger partial charge in [0.25, 0.3) is 0 Å². The number of halogens is 3. The first-order chi connectivity index (χ1) is 9.69. The number of nitrogens with zero attached hydrogens (tertiary/aromatic N) is 2. The molecule has 0 spiro atoms. The molecule has 0 unspecified atom stereocenters. The van der Waals surface area contributed by atoms with Crippen LogP contribution in [0.4, 0.5) is 19.0 Å². The average molecular weight is 310 g/mol. The van der Waals surface area contributed by atoms with Crippen LogP contribution in [-0.4, -0.2) is 36.0 Å². The van der Waals surface area contributed by atoms with Crippen molar-refractivity contribution < 1.29 is 37.1 Å². The predicted molar refractivity (Wildman–Crippen MR) is 60.1 cm³/mol. The second-order valence-electron chi connectivity index (χ2n) is 3.39. The van der Waals surface area contributed by atoms with Crippen molar-refractivity contribution in [2.24, 2.45) is 0 Å². The fourth-order valence-corrected chi connectivity index (χ4v) is 1.30. The second kappa shape index (κ2) is 6.24. The van der Waals surface area contributed by atoms with Crippen LogP contribution >= 0.6 is 0 Å². The number of hydrogen-bond acceptors (Lipinski definition) is 7. The molecule has 8 nitrogen and oxygen atoms in total. The molecule has 116 valence electrons. The average Bonchev–Trinajstić information content (AvgIpc) is 2.36. The third-order valence-electron chi connectivity index (χ3n) is 2.02. The van der Waals surface area contributed by atoms with E-state index in [1.807, 2.05) is 0 Å². The summed E-state index contributed by atoms with van der Waals surface area (Å²) in [7, 11) is 1.04. The summed E-state index contributed by atoms with van der Waals surface area (Å²) in [5.74, 6) is -4.00. The van der Waals surface area contributed by atoms with Gasteiger partial charge in [0.2, 0.25) is 5.75 Å². The normalized spacial score (nSPS) is 10.9. The van der Waals surface area contributed by atoms with Crippen molar-refractivity contribution in [3.8, 4) is 11.5 Å². The van der Waals surface area contributed by atoms with E-state index in [9.17, 15) is 28.1 Å². The van der Waals surface area contributed by atoms with Gasteiger partial charge in [-0.3, -0.25) is 0 Å². The highest BCUT2D eigenvalue weighted by Crippen LogP contribution is 2.35. The molecule has 1 aromatic heterocycles. The molecule has 0 saturated carbocycles.